The Morgan fingerprint density at radius 3 is 2.89 bits per heavy atom. The van der Waals surface area contributed by atoms with Gasteiger partial charge in [-0.15, -0.1) is 0 Å². The number of likely N-dealkylation sites (tertiary alicyclic amines) is 1. The van der Waals surface area contributed by atoms with Crippen molar-refractivity contribution in [3.05, 3.63) is 28.9 Å². The van der Waals surface area contributed by atoms with Crippen LogP contribution >= 0.6 is 15.9 Å². The number of fused-ring (bicyclic) bond motifs is 1. The van der Waals surface area contributed by atoms with Gasteiger partial charge in [-0.25, -0.2) is 0 Å². The molecule has 3 rings (SSSR count). The molecule has 102 valence electrons. The third-order valence-electron chi connectivity index (χ3n) is 4.43. The third kappa shape index (κ3) is 2.43. The van der Waals surface area contributed by atoms with Gasteiger partial charge in [0.1, 0.15) is 0 Å². The molecule has 2 heterocycles. The van der Waals surface area contributed by atoms with E-state index in [1.54, 1.807) is 0 Å². The predicted molar refractivity (Wildman–Crippen MR) is 82.4 cm³/mol. The molecule has 0 bridgehead atoms. The molecule has 0 spiro atoms. The Labute approximate surface area is 122 Å². The Hall–Kier alpha value is -0.870. The molecule has 1 aromatic heterocycles. The minimum Gasteiger partial charge on any atom is -0.301 e. The maximum atomic E-state index is 4.76. The van der Waals surface area contributed by atoms with Crippen molar-refractivity contribution >= 4 is 26.8 Å². The summed E-state index contributed by atoms with van der Waals surface area (Å²) in [4.78, 5) is 2.45. The molecule has 1 saturated heterocycles. The van der Waals surface area contributed by atoms with Gasteiger partial charge >= 0.3 is 0 Å². The first kappa shape index (κ1) is 13.1. The average molecular weight is 322 g/mol. The van der Waals surface area contributed by atoms with E-state index in [9.17, 15) is 0 Å². The highest BCUT2D eigenvalue weighted by Gasteiger charge is 2.33. The third-order valence-corrected chi connectivity index (χ3v) is 4.92. The van der Waals surface area contributed by atoms with E-state index in [0.717, 1.165) is 23.0 Å². The number of hydrogen-bond donors (Lipinski definition) is 0. The van der Waals surface area contributed by atoms with Crippen LogP contribution in [-0.4, -0.2) is 33.8 Å². The zero-order chi connectivity index (χ0) is 13.6. The van der Waals surface area contributed by atoms with Crippen LogP contribution in [-0.2, 0) is 0 Å². The van der Waals surface area contributed by atoms with Gasteiger partial charge in [-0.2, -0.15) is 5.10 Å². The Balaban J connectivity index is 1.92. The smallest absolute Gasteiger partial charge is 0.0934 e. The van der Waals surface area contributed by atoms with E-state index >= 15 is 0 Å². The fourth-order valence-corrected chi connectivity index (χ4v) is 3.25. The normalized spacial score (nSPS) is 23.9. The Morgan fingerprint density at radius 1 is 1.37 bits per heavy atom. The summed E-state index contributed by atoms with van der Waals surface area (Å²) in [5.41, 5.74) is 1.33. The van der Waals surface area contributed by atoms with Gasteiger partial charge < -0.3 is 4.90 Å². The molecule has 0 N–H and O–H groups in total. The van der Waals surface area contributed by atoms with Crippen molar-refractivity contribution in [3.63, 3.8) is 0 Å². The lowest BCUT2D eigenvalue weighted by molar-refractivity contribution is 0.0721. The summed E-state index contributed by atoms with van der Waals surface area (Å²) in [5, 5.41) is 5.98. The van der Waals surface area contributed by atoms with E-state index in [2.05, 4.69) is 70.8 Å². The maximum Gasteiger partial charge on any atom is 0.0934 e. The summed E-state index contributed by atoms with van der Waals surface area (Å²) in [6.07, 6.45) is 4.52. The molecule has 0 saturated carbocycles. The zero-order valence-electron chi connectivity index (χ0n) is 11.7. The number of hydrogen-bond acceptors (Lipinski definition) is 2. The predicted octanol–water partition coefficient (Wildman–Crippen LogP) is 3.84. The van der Waals surface area contributed by atoms with Gasteiger partial charge in [0.05, 0.1) is 11.6 Å². The van der Waals surface area contributed by atoms with Crippen LogP contribution in [0.15, 0.2) is 28.9 Å². The minimum absolute atomic E-state index is 0.252. The lowest BCUT2D eigenvalue weighted by Gasteiger charge is -2.43. The van der Waals surface area contributed by atoms with E-state index in [4.69, 9.17) is 5.10 Å². The van der Waals surface area contributed by atoms with Crippen LogP contribution in [0.2, 0.25) is 0 Å². The van der Waals surface area contributed by atoms with Crippen molar-refractivity contribution in [1.82, 2.24) is 14.7 Å². The number of piperidine rings is 1. The van der Waals surface area contributed by atoms with Gasteiger partial charge in [0.15, 0.2) is 0 Å². The molecule has 1 atom stereocenters. The van der Waals surface area contributed by atoms with E-state index in [1.165, 1.54) is 11.8 Å². The maximum absolute atomic E-state index is 4.76. The summed E-state index contributed by atoms with van der Waals surface area (Å²) >= 11 is 3.51. The van der Waals surface area contributed by atoms with Crippen molar-refractivity contribution in [2.24, 2.45) is 0 Å². The lowest BCUT2D eigenvalue weighted by atomic mass is 9.87. The SMILES string of the molecule is CN1CCC(n2cc3ccc(Br)cc3n2)CC1(C)C. The molecule has 1 unspecified atom stereocenters. The zero-order valence-corrected chi connectivity index (χ0v) is 13.3. The summed E-state index contributed by atoms with van der Waals surface area (Å²) in [5.74, 6) is 0. The fraction of sp³-hybridized carbons (Fsp3) is 0.533. The summed E-state index contributed by atoms with van der Waals surface area (Å²) in [7, 11) is 2.22. The highest BCUT2D eigenvalue weighted by molar-refractivity contribution is 9.10. The van der Waals surface area contributed by atoms with Crippen LogP contribution in [0, 0.1) is 0 Å². The molecular weight excluding hydrogens is 302 g/mol. The van der Waals surface area contributed by atoms with Crippen molar-refractivity contribution < 1.29 is 0 Å². The number of aromatic nitrogens is 2. The van der Waals surface area contributed by atoms with Gasteiger partial charge in [0, 0.05) is 28.1 Å². The van der Waals surface area contributed by atoms with Crippen molar-refractivity contribution in [1.29, 1.82) is 0 Å². The monoisotopic (exact) mass is 321 g/mol. The van der Waals surface area contributed by atoms with Crippen LogP contribution in [0.25, 0.3) is 10.9 Å². The molecule has 0 aliphatic carbocycles. The number of nitrogens with zero attached hydrogens (tertiary/aromatic N) is 3. The molecule has 3 nitrogen and oxygen atoms in total. The number of benzene rings is 1. The largest absolute Gasteiger partial charge is 0.301 e. The molecule has 1 fully saturated rings. The van der Waals surface area contributed by atoms with Crippen LogP contribution in [0.1, 0.15) is 32.7 Å². The van der Waals surface area contributed by atoms with Gasteiger partial charge in [-0.3, -0.25) is 4.68 Å². The summed E-state index contributed by atoms with van der Waals surface area (Å²) in [6, 6.07) is 6.80. The number of halogens is 1. The minimum atomic E-state index is 0.252. The van der Waals surface area contributed by atoms with Gasteiger partial charge in [0.25, 0.3) is 0 Å². The lowest BCUT2D eigenvalue weighted by Crippen LogP contribution is -2.47. The van der Waals surface area contributed by atoms with Crippen LogP contribution in [0.5, 0.6) is 0 Å². The first-order chi connectivity index (χ1) is 8.95. The van der Waals surface area contributed by atoms with Crippen molar-refractivity contribution in [2.45, 2.75) is 38.3 Å². The van der Waals surface area contributed by atoms with E-state index in [1.807, 2.05) is 0 Å². The first-order valence-corrected chi connectivity index (χ1v) is 7.61. The second-order valence-electron chi connectivity index (χ2n) is 6.19. The molecule has 4 heteroatoms. The van der Waals surface area contributed by atoms with Crippen LogP contribution < -0.4 is 0 Å². The molecule has 1 aromatic carbocycles. The molecule has 2 aromatic rings. The van der Waals surface area contributed by atoms with Crippen LogP contribution in [0.3, 0.4) is 0 Å². The highest BCUT2D eigenvalue weighted by atomic mass is 79.9. The van der Waals surface area contributed by atoms with E-state index in [0.29, 0.717) is 6.04 Å². The Bertz CT molecular complexity index is 602. The molecule has 1 aliphatic heterocycles. The van der Waals surface area contributed by atoms with E-state index in [-0.39, 0.29) is 5.54 Å². The molecule has 19 heavy (non-hydrogen) atoms. The van der Waals surface area contributed by atoms with Crippen molar-refractivity contribution in [2.75, 3.05) is 13.6 Å². The first-order valence-electron chi connectivity index (χ1n) is 6.81. The number of rotatable bonds is 1. The summed E-state index contributed by atoms with van der Waals surface area (Å²) in [6.45, 7) is 5.77. The van der Waals surface area contributed by atoms with E-state index < -0.39 is 0 Å². The van der Waals surface area contributed by atoms with Gasteiger partial charge in [-0.1, -0.05) is 22.0 Å². The molecular formula is C15H20BrN3. The Morgan fingerprint density at radius 2 is 2.16 bits per heavy atom. The Kier molecular flexibility index (Phi) is 3.18. The molecule has 0 radical (unpaired) electrons. The van der Waals surface area contributed by atoms with Gasteiger partial charge in [0.2, 0.25) is 0 Å². The second kappa shape index (κ2) is 4.60. The highest BCUT2D eigenvalue weighted by Crippen LogP contribution is 2.33. The average Bonchev–Trinajstić information content (AvgIpc) is 2.75. The standard InChI is InChI=1S/C15H20BrN3/c1-15(2)9-13(6-7-18(15)3)19-10-11-4-5-12(16)8-14(11)17-19/h4-5,8,10,13H,6-7,9H2,1-3H3. The topological polar surface area (TPSA) is 21.1 Å². The molecule has 0 amide bonds. The second-order valence-corrected chi connectivity index (χ2v) is 7.11. The fourth-order valence-electron chi connectivity index (χ4n) is 2.90. The van der Waals surface area contributed by atoms with Crippen LogP contribution in [0.4, 0.5) is 0 Å². The molecule has 1 aliphatic rings. The van der Waals surface area contributed by atoms with Gasteiger partial charge in [-0.05, 0) is 45.9 Å². The van der Waals surface area contributed by atoms with Crippen molar-refractivity contribution in [3.8, 4) is 0 Å². The summed E-state index contributed by atoms with van der Waals surface area (Å²) < 4.78 is 3.26. The quantitative estimate of drug-likeness (QED) is 0.795.